The van der Waals surface area contributed by atoms with Crippen molar-refractivity contribution < 1.29 is 19.4 Å². The molecule has 0 unspecified atom stereocenters. The molecule has 2 aromatic carbocycles. The van der Waals surface area contributed by atoms with E-state index in [0.717, 1.165) is 11.1 Å². The van der Waals surface area contributed by atoms with Crippen molar-refractivity contribution in [3.8, 4) is 28.8 Å². The first kappa shape index (κ1) is 22.7. The highest BCUT2D eigenvalue weighted by molar-refractivity contribution is 7.90. The Morgan fingerprint density at radius 2 is 1.91 bits per heavy atom. The maximum Gasteiger partial charge on any atom is 0.335 e. The minimum atomic E-state index is -1.00. The molecule has 0 bridgehead atoms. The summed E-state index contributed by atoms with van der Waals surface area (Å²) in [6, 6.07) is 17.6. The van der Waals surface area contributed by atoms with Crippen molar-refractivity contribution in [2.24, 2.45) is 0 Å². The van der Waals surface area contributed by atoms with Crippen LogP contribution in [0.2, 0.25) is 0 Å². The van der Waals surface area contributed by atoms with Gasteiger partial charge in [0.2, 0.25) is 5.88 Å². The molecule has 6 nitrogen and oxygen atoms in total. The summed E-state index contributed by atoms with van der Waals surface area (Å²) in [6.45, 7) is 3.80. The standard InChI is InChI=1S/C25H20N2O4S/c1-3-4-23(32)22-13-20(17-9-11-19(30-2)12-10-17)21(14-26)24(27-22)31-15-16-5-7-18(8-6-16)25(28)29/h3-13,32H,1,15H2,2H3,(H,28,29)/b23-4-. The first-order valence-electron chi connectivity index (χ1n) is 9.53. The SMILES string of the molecule is C=C/C=C(\S)c1cc(-c2ccc(OC)cc2)c(C#N)c(OCc2ccc(C(=O)O)cc2)n1. The second-order valence-electron chi connectivity index (χ2n) is 6.65. The summed E-state index contributed by atoms with van der Waals surface area (Å²) >= 11 is 4.48. The van der Waals surface area contributed by atoms with E-state index in [4.69, 9.17) is 14.6 Å². The highest BCUT2D eigenvalue weighted by Crippen LogP contribution is 2.34. The lowest BCUT2D eigenvalue weighted by atomic mass is 10.00. The van der Waals surface area contributed by atoms with Gasteiger partial charge in [-0.2, -0.15) is 5.26 Å². The molecule has 0 spiro atoms. The molecule has 0 fully saturated rings. The first-order valence-corrected chi connectivity index (χ1v) is 9.98. The van der Waals surface area contributed by atoms with Crippen molar-refractivity contribution in [1.82, 2.24) is 4.98 Å². The number of nitriles is 1. The number of pyridine rings is 1. The van der Waals surface area contributed by atoms with Gasteiger partial charge in [-0.05, 0) is 47.5 Å². The fourth-order valence-electron chi connectivity index (χ4n) is 2.96. The largest absolute Gasteiger partial charge is 0.497 e. The lowest BCUT2D eigenvalue weighted by Crippen LogP contribution is -2.04. The van der Waals surface area contributed by atoms with Crippen molar-refractivity contribution in [2.75, 3.05) is 7.11 Å². The minimum Gasteiger partial charge on any atom is -0.497 e. The number of aromatic nitrogens is 1. The molecule has 3 rings (SSSR count). The summed E-state index contributed by atoms with van der Waals surface area (Å²) in [5, 5.41) is 18.9. The Balaban J connectivity index is 2.03. The fourth-order valence-corrected chi connectivity index (χ4v) is 3.18. The number of carbonyl (C=O) groups is 1. The van der Waals surface area contributed by atoms with Crippen molar-refractivity contribution in [3.05, 3.63) is 95.7 Å². The van der Waals surface area contributed by atoms with Crippen LogP contribution in [-0.2, 0) is 6.61 Å². The normalized spacial score (nSPS) is 10.8. The summed E-state index contributed by atoms with van der Waals surface area (Å²) in [6.07, 6.45) is 3.30. The number of rotatable bonds is 8. The van der Waals surface area contributed by atoms with E-state index in [1.54, 1.807) is 37.5 Å². The third kappa shape index (κ3) is 5.17. The van der Waals surface area contributed by atoms with Gasteiger partial charge in [0.05, 0.1) is 18.4 Å². The summed E-state index contributed by atoms with van der Waals surface area (Å²) in [4.78, 5) is 16.1. The number of aromatic carboxylic acids is 1. The highest BCUT2D eigenvalue weighted by Gasteiger charge is 2.17. The summed E-state index contributed by atoms with van der Waals surface area (Å²) in [5.74, 6) is -0.149. The Kier molecular flexibility index (Phi) is 7.32. The zero-order chi connectivity index (χ0) is 23.1. The molecule has 0 atom stereocenters. The molecule has 0 radical (unpaired) electrons. The zero-order valence-corrected chi connectivity index (χ0v) is 18.2. The van der Waals surface area contributed by atoms with E-state index in [1.165, 1.54) is 12.1 Å². The maximum atomic E-state index is 11.0. The van der Waals surface area contributed by atoms with Gasteiger partial charge in [-0.1, -0.05) is 36.9 Å². The maximum absolute atomic E-state index is 11.0. The first-order chi connectivity index (χ1) is 15.5. The Morgan fingerprint density at radius 1 is 1.22 bits per heavy atom. The second kappa shape index (κ2) is 10.3. The van der Waals surface area contributed by atoms with E-state index >= 15 is 0 Å². The van der Waals surface area contributed by atoms with Crippen molar-refractivity contribution >= 4 is 23.5 Å². The van der Waals surface area contributed by atoms with Gasteiger partial charge in [0.15, 0.2) is 0 Å². The molecule has 0 aliphatic heterocycles. The van der Waals surface area contributed by atoms with Crippen molar-refractivity contribution in [1.29, 1.82) is 5.26 Å². The second-order valence-corrected chi connectivity index (χ2v) is 7.14. The van der Waals surface area contributed by atoms with Crippen LogP contribution in [0.4, 0.5) is 0 Å². The predicted molar refractivity (Wildman–Crippen MR) is 126 cm³/mol. The van der Waals surface area contributed by atoms with E-state index < -0.39 is 5.97 Å². The van der Waals surface area contributed by atoms with Crippen LogP contribution in [0.15, 0.2) is 73.3 Å². The third-order valence-corrected chi connectivity index (χ3v) is 4.99. The molecule has 1 N–H and O–H groups in total. The Bertz CT molecular complexity index is 1210. The number of nitrogens with zero attached hydrogens (tertiary/aromatic N) is 2. The third-order valence-electron chi connectivity index (χ3n) is 4.61. The van der Waals surface area contributed by atoms with Crippen molar-refractivity contribution in [2.45, 2.75) is 6.61 Å². The molecule has 0 aliphatic rings. The van der Waals surface area contributed by atoms with E-state index in [-0.39, 0.29) is 23.6 Å². The molecule has 1 heterocycles. The smallest absolute Gasteiger partial charge is 0.335 e. The average Bonchev–Trinajstić information content (AvgIpc) is 2.82. The molecule has 3 aromatic rings. The molecule has 0 saturated heterocycles. The lowest BCUT2D eigenvalue weighted by Gasteiger charge is -2.14. The summed E-state index contributed by atoms with van der Waals surface area (Å²) in [7, 11) is 1.59. The van der Waals surface area contributed by atoms with Gasteiger partial charge in [0, 0.05) is 10.5 Å². The molecule has 0 aliphatic carbocycles. The van der Waals surface area contributed by atoms with Gasteiger partial charge in [0.25, 0.3) is 0 Å². The Labute approximate surface area is 191 Å². The molecular weight excluding hydrogens is 424 g/mol. The van der Waals surface area contributed by atoms with Crippen molar-refractivity contribution in [3.63, 3.8) is 0 Å². The van der Waals surface area contributed by atoms with Crippen LogP contribution >= 0.6 is 12.6 Å². The molecule has 32 heavy (non-hydrogen) atoms. The van der Waals surface area contributed by atoms with Crippen LogP contribution in [0.25, 0.3) is 16.0 Å². The number of carboxylic acids is 1. The number of carboxylic acid groups (broad SMARTS) is 1. The molecule has 0 amide bonds. The predicted octanol–water partition coefficient (Wildman–Crippen LogP) is 5.36. The quantitative estimate of drug-likeness (QED) is 0.359. The van der Waals surface area contributed by atoms with E-state index in [2.05, 4.69) is 30.3 Å². The fraction of sp³-hybridized carbons (Fsp3) is 0.0800. The Morgan fingerprint density at radius 3 is 2.47 bits per heavy atom. The average molecular weight is 445 g/mol. The minimum absolute atomic E-state index is 0.111. The van der Waals surface area contributed by atoms with Crippen LogP contribution < -0.4 is 9.47 Å². The number of allylic oxidation sites excluding steroid dienone is 2. The van der Waals surface area contributed by atoms with E-state index in [0.29, 0.717) is 21.9 Å². The van der Waals surface area contributed by atoms with Gasteiger partial charge in [-0.15, -0.1) is 12.6 Å². The number of hydrogen-bond donors (Lipinski definition) is 2. The molecule has 160 valence electrons. The lowest BCUT2D eigenvalue weighted by molar-refractivity contribution is 0.0697. The molecule has 0 saturated carbocycles. The van der Waals surface area contributed by atoms with Crippen LogP contribution in [0.3, 0.4) is 0 Å². The molecule has 7 heteroatoms. The van der Waals surface area contributed by atoms with Crippen LogP contribution in [0, 0.1) is 11.3 Å². The van der Waals surface area contributed by atoms with Crippen LogP contribution in [0.1, 0.15) is 27.2 Å². The van der Waals surface area contributed by atoms with Gasteiger partial charge in [-0.3, -0.25) is 0 Å². The number of methoxy groups -OCH3 is 1. The number of ether oxygens (including phenoxy) is 2. The van der Waals surface area contributed by atoms with E-state index in [9.17, 15) is 10.1 Å². The molecule has 1 aromatic heterocycles. The zero-order valence-electron chi connectivity index (χ0n) is 17.3. The van der Waals surface area contributed by atoms with Crippen LogP contribution in [0.5, 0.6) is 11.6 Å². The molecular formula is C25H20N2O4S. The number of thiol groups is 1. The highest BCUT2D eigenvalue weighted by atomic mass is 32.1. The topological polar surface area (TPSA) is 92.4 Å². The monoisotopic (exact) mass is 444 g/mol. The van der Waals surface area contributed by atoms with Gasteiger partial charge < -0.3 is 14.6 Å². The summed E-state index contributed by atoms with van der Waals surface area (Å²) in [5.41, 5.74) is 3.16. The van der Waals surface area contributed by atoms with Crippen LogP contribution in [-0.4, -0.2) is 23.2 Å². The van der Waals surface area contributed by atoms with Gasteiger partial charge >= 0.3 is 5.97 Å². The van der Waals surface area contributed by atoms with E-state index in [1.807, 2.05) is 24.3 Å². The van der Waals surface area contributed by atoms with Gasteiger partial charge in [0.1, 0.15) is 24.0 Å². The Hall–Kier alpha value is -4.02. The van der Waals surface area contributed by atoms with Gasteiger partial charge in [-0.25, -0.2) is 9.78 Å². The summed E-state index contributed by atoms with van der Waals surface area (Å²) < 4.78 is 11.1. The number of benzene rings is 2. The number of hydrogen-bond acceptors (Lipinski definition) is 6.